The second-order valence-corrected chi connectivity index (χ2v) is 5.62. The molecule has 1 saturated heterocycles. The van der Waals surface area contributed by atoms with Gasteiger partial charge in [-0.3, -0.25) is 4.90 Å². The Kier molecular flexibility index (Phi) is 6.66. The highest BCUT2D eigenvalue weighted by Gasteiger charge is 2.24. The van der Waals surface area contributed by atoms with Crippen molar-refractivity contribution in [2.75, 3.05) is 26.7 Å². The van der Waals surface area contributed by atoms with E-state index in [1.807, 2.05) is 7.05 Å². The van der Waals surface area contributed by atoms with Gasteiger partial charge in [-0.05, 0) is 60.5 Å². The van der Waals surface area contributed by atoms with Crippen LogP contribution in [-0.4, -0.2) is 31.6 Å². The molecule has 0 radical (unpaired) electrons. The normalized spacial score (nSPS) is 19.5. The zero-order valence-electron chi connectivity index (χ0n) is 10.8. The Balaban J connectivity index is 0.00000180. The molecule has 1 aromatic carbocycles. The van der Waals surface area contributed by atoms with E-state index >= 15 is 0 Å². The van der Waals surface area contributed by atoms with E-state index in [1.165, 1.54) is 12.1 Å². The maximum absolute atomic E-state index is 13.8. The zero-order chi connectivity index (χ0) is 13.1. The van der Waals surface area contributed by atoms with E-state index < -0.39 is 11.6 Å². The molecule has 1 unspecified atom stereocenters. The molecular formula is C13H18BrClF2N2. The van der Waals surface area contributed by atoms with Crippen LogP contribution < -0.4 is 5.32 Å². The summed E-state index contributed by atoms with van der Waals surface area (Å²) in [6.07, 6.45) is 1.08. The fourth-order valence-electron chi connectivity index (χ4n) is 2.45. The summed E-state index contributed by atoms with van der Waals surface area (Å²) < 4.78 is 27.8. The molecule has 6 heteroatoms. The van der Waals surface area contributed by atoms with E-state index in [2.05, 4.69) is 26.1 Å². The third-order valence-corrected chi connectivity index (χ3v) is 4.00. The van der Waals surface area contributed by atoms with Gasteiger partial charge in [-0.1, -0.05) is 0 Å². The van der Waals surface area contributed by atoms with Crippen LogP contribution in [-0.2, 0) is 6.54 Å². The predicted molar refractivity (Wildman–Crippen MR) is 78.6 cm³/mol. The average Bonchev–Trinajstić information content (AvgIpc) is 2.78. The molecule has 1 aliphatic heterocycles. The van der Waals surface area contributed by atoms with Gasteiger partial charge in [-0.25, -0.2) is 8.78 Å². The number of halogens is 4. The Morgan fingerprint density at radius 1 is 1.42 bits per heavy atom. The molecule has 1 heterocycles. The summed E-state index contributed by atoms with van der Waals surface area (Å²) in [4.78, 5) is 2.11. The lowest BCUT2D eigenvalue weighted by Gasteiger charge is -2.17. The van der Waals surface area contributed by atoms with E-state index in [1.54, 1.807) is 0 Å². The van der Waals surface area contributed by atoms with Gasteiger partial charge in [0, 0.05) is 18.7 Å². The van der Waals surface area contributed by atoms with E-state index in [0.717, 1.165) is 26.1 Å². The molecule has 0 amide bonds. The smallest absolute Gasteiger partial charge is 0.144 e. The Morgan fingerprint density at radius 2 is 2.16 bits per heavy atom. The van der Waals surface area contributed by atoms with E-state index in [-0.39, 0.29) is 18.0 Å². The molecule has 0 spiro atoms. The van der Waals surface area contributed by atoms with Crippen molar-refractivity contribution in [2.45, 2.75) is 13.0 Å². The molecule has 0 bridgehead atoms. The number of nitrogens with zero attached hydrogens (tertiary/aromatic N) is 1. The van der Waals surface area contributed by atoms with Crippen molar-refractivity contribution < 1.29 is 8.78 Å². The Hall–Kier alpha value is -0.230. The quantitative estimate of drug-likeness (QED) is 0.835. The van der Waals surface area contributed by atoms with Gasteiger partial charge in [-0.2, -0.15) is 0 Å². The fourth-order valence-corrected chi connectivity index (χ4v) is 2.82. The molecule has 0 aromatic heterocycles. The van der Waals surface area contributed by atoms with Crippen LogP contribution >= 0.6 is 28.3 Å². The molecule has 1 N–H and O–H groups in total. The minimum absolute atomic E-state index is 0. The summed E-state index contributed by atoms with van der Waals surface area (Å²) in [5.41, 5.74) is 0.162. The fraction of sp³-hybridized carbons (Fsp3) is 0.538. The highest BCUT2D eigenvalue weighted by atomic mass is 79.9. The topological polar surface area (TPSA) is 15.3 Å². The summed E-state index contributed by atoms with van der Waals surface area (Å²) in [7, 11) is 1.93. The van der Waals surface area contributed by atoms with E-state index in [0.29, 0.717) is 16.9 Å². The lowest BCUT2D eigenvalue weighted by Crippen LogP contribution is -2.25. The third-order valence-electron chi connectivity index (χ3n) is 3.38. The van der Waals surface area contributed by atoms with E-state index in [9.17, 15) is 8.78 Å². The van der Waals surface area contributed by atoms with Crippen LogP contribution in [0.25, 0.3) is 0 Å². The first kappa shape index (κ1) is 16.8. The largest absolute Gasteiger partial charge is 0.319 e. The minimum atomic E-state index is -0.480. The number of nitrogens with one attached hydrogen (secondary N) is 1. The molecular weight excluding hydrogens is 338 g/mol. The van der Waals surface area contributed by atoms with Gasteiger partial charge in [0.2, 0.25) is 0 Å². The van der Waals surface area contributed by atoms with Crippen molar-refractivity contribution >= 4 is 28.3 Å². The zero-order valence-corrected chi connectivity index (χ0v) is 13.2. The number of hydrogen-bond acceptors (Lipinski definition) is 2. The summed E-state index contributed by atoms with van der Waals surface area (Å²) in [5, 5.41) is 3.14. The first-order valence-corrected chi connectivity index (χ1v) is 6.90. The van der Waals surface area contributed by atoms with Crippen LogP contribution in [0, 0.1) is 17.6 Å². The second-order valence-electron chi connectivity index (χ2n) is 4.77. The standard InChI is InChI=1S/C13H17BrF2N2.ClH/c1-17-6-9-4-5-18(7-9)8-10-12(15)3-2-11(14)13(10)16;/h2-3,9,17H,4-8H2,1H3;1H. The van der Waals surface area contributed by atoms with Gasteiger partial charge >= 0.3 is 0 Å². The van der Waals surface area contributed by atoms with Crippen molar-refractivity contribution in [3.05, 3.63) is 33.8 Å². The number of benzene rings is 1. The second kappa shape index (κ2) is 7.53. The molecule has 19 heavy (non-hydrogen) atoms. The lowest BCUT2D eigenvalue weighted by atomic mass is 10.1. The molecule has 1 aromatic rings. The molecule has 1 fully saturated rings. The minimum Gasteiger partial charge on any atom is -0.319 e. The van der Waals surface area contributed by atoms with Gasteiger partial charge in [0.25, 0.3) is 0 Å². The summed E-state index contributed by atoms with van der Waals surface area (Å²) in [6, 6.07) is 2.71. The number of rotatable bonds is 4. The Morgan fingerprint density at radius 3 is 2.84 bits per heavy atom. The third kappa shape index (κ3) is 4.12. The van der Waals surface area contributed by atoms with Gasteiger partial charge < -0.3 is 5.32 Å². The molecule has 2 rings (SSSR count). The van der Waals surface area contributed by atoms with Crippen LogP contribution in [0.5, 0.6) is 0 Å². The Labute approximate surface area is 127 Å². The molecule has 108 valence electrons. The number of hydrogen-bond donors (Lipinski definition) is 1. The van der Waals surface area contributed by atoms with Crippen LogP contribution in [0.1, 0.15) is 12.0 Å². The average molecular weight is 356 g/mol. The van der Waals surface area contributed by atoms with Crippen molar-refractivity contribution in [1.82, 2.24) is 10.2 Å². The summed E-state index contributed by atoms with van der Waals surface area (Å²) in [5.74, 6) is -0.367. The van der Waals surface area contributed by atoms with Crippen molar-refractivity contribution in [3.8, 4) is 0 Å². The van der Waals surface area contributed by atoms with Gasteiger partial charge in [0.15, 0.2) is 0 Å². The van der Waals surface area contributed by atoms with Crippen LogP contribution in [0.3, 0.4) is 0 Å². The SMILES string of the molecule is CNCC1CCN(Cc2c(F)ccc(Br)c2F)C1.Cl. The summed E-state index contributed by atoms with van der Waals surface area (Å²) >= 11 is 3.10. The first-order valence-electron chi connectivity index (χ1n) is 6.11. The highest BCUT2D eigenvalue weighted by Crippen LogP contribution is 2.25. The Bertz CT molecular complexity index is 431. The molecule has 0 saturated carbocycles. The highest BCUT2D eigenvalue weighted by molar-refractivity contribution is 9.10. The summed E-state index contributed by atoms with van der Waals surface area (Å²) in [6.45, 7) is 3.10. The van der Waals surface area contributed by atoms with E-state index in [4.69, 9.17) is 0 Å². The molecule has 1 atom stereocenters. The van der Waals surface area contributed by atoms with Crippen LogP contribution in [0.4, 0.5) is 8.78 Å². The van der Waals surface area contributed by atoms with Gasteiger partial charge in [-0.15, -0.1) is 12.4 Å². The molecule has 2 nitrogen and oxygen atoms in total. The maximum atomic E-state index is 13.8. The first-order chi connectivity index (χ1) is 8.61. The lowest BCUT2D eigenvalue weighted by molar-refractivity contribution is 0.304. The van der Waals surface area contributed by atoms with Gasteiger partial charge in [0.05, 0.1) is 4.47 Å². The maximum Gasteiger partial charge on any atom is 0.144 e. The molecule has 0 aliphatic carbocycles. The van der Waals surface area contributed by atoms with Crippen molar-refractivity contribution in [1.29, 1.82) is 0 Å². The molecule has 1 aliphatic rings. The van der Waals surface area contributed by atoms with Crippen LogP contribution in [0.2, 0.25) is 0 Å². The van der Waals surface area contributed by atoms with Crippen molar-refractivity contribution in [3.63, 3.8) is 0 Å². The predicted octanol–water partition coefficient (Wildman–Crippen LogP) is 3.19. The van der Waals surface area contributed by atoms with Crippen molar-refractivity contribution in [2.24, 2.45) is 5.92 Å². The van der Waals surface area contributed by atoms with Gasteiger partial charge in [0.1, 0.15) is 11.6 Å². The monoisotopic (exact) mass is 354 g/mol. The number of likely N-dealkylation sites (tertiary alicyclic amines) is 1. The van der Waals surface area contributed by atoms with Crippen LogP contribution in [0.15, 0.2) is 16.6 Å².